The predicted octanol–water partition coefficient (Wildman–Crippen LogP) is 4.03. The third kappa shape index (κ3) is 2.91. The van der Waals surface area contributed by atoms with Gasteiger partial charge in [0.15, 0.2) is 0 Å². The second-order valence-electron chi connectivity index (χ2n) is 6.37. The van der Waals surface area contributed by atoms with Crippen molar-refractivity contribution in [3.63, 3.8) is 0 Å². The van der Waals surface area contributed by atoms with E-state index in [2.05, 4.69) is 36.5 Å². The van der Waals surface area contributed by atoms with E-state index in [1.54, 1.807) is 0 Å². The van der Waals surface area contributed by atoms with E-state index in [4.69, 9.17) is 4.74 Å². The van der Waals surface area contributed by atoms with Gasteiger partial charge >= 0.3 is 0 Å². The first kappa shape index (κ1) is 14.1. The average molecular weight is 273 g/mol. The number of hydrogen-bond donors (Lipinski definition) is 1. The molecule has 2 aliphatic carbocycles. The molecule has 2 nitrogen and oxygen atoms in total. The van der Waals surface area contributed by atoms with Gasteiger partial charge in [-0.1, -0.05) is 37.6 Å². The summed E-state index contributed by atoms with van der Waals surface area (Å²) in [5.74, 6) is 1.57. The Hall–Kier alpha value is -0.860. The topological polar surface area (TPSA) is 21.3 Å². The molecule has 2 aliphatic rings. The van der Waals surface area contributed by atoms with E-state index < -0.39 is 0 Å². The lowest BCUT2D eigenvalue weighted by Crippen LogP contribution is -2.34. The average Bonchev–Trinajstić information content (AvgIpc) is 3.22. The Morgan fingerprint density at radius 2 is 1.85 bits per heavy atom. The first-order chi connectivity index (χ1) is 9.83. The second-order valence-corrected chi connectivity index (χ2v) is 6.37. The first-order valence-electron chi connectivity index (χ1n) is 8.19. The van der Waals surface area contributed by atoms with Crippen molar-refractivity contribution in [1.29, 1.82) is 0 Å². The minimum atomic E-state index is 0.324. The van der Waals surface area contributed by atoms with Crippen LogP contribution in [0.5, 0.6) is 0 Å². The molecule has 1 N–H and O–H groups in total. The summed E-state index contributed by atoms with van der Waals surface area (Å²) in [6, 6.07) is 9.64. The summed E-state index contributed by atoms with van der Waals surface area (Å²) in [6.45, 7) is 3.16. The molecule has 110 valence electrons. The van der Waals surface area contributed by atoms with E-state index in [1.165, 1.54) is 43.2 Å². The summed E-state index contributed by atoms with van der Waals surface area (Å²) >= 11 is 0. The highest BCUT2D eigenvalue weighted by molar-refractivity contribution is 5.29. The van der Waals surface area contributed by atoms with Gasteiger partial charge in [-0.05, 0) is 55.2 Å². The second kappa shape index (κ2) is 6.28. The summed E-state index contributed by atoms with van der Waals surface area (Å²) in [5, 5.41) is 3.62. The lowest BCUT2D eigenvalue weighted by molar-refractivity contribution is 0.0511. The number of methoxy groups -OCH3 is 1. The molecular formula is C18H27NO. The van der Waals surface area contributed by atoms with E-state index in [0.29, 0.717) is 12.1 Å². The molecule has 3 rings (SSSR count). The molecule has 0 amide bonds. The van der Waals surface area contributed by atoms with Crippen molar-refractivity contribution in [2.75, 3.05) is 13.7 Å². The fourth-order valence-electron chi connectivity index (χ4n) is 3.39. The summed E-state index contributed by atoms with van der Waals surface area (Å²) in [7, 11) is 1.86. The summed E-state index contributed by atoms with van der Waals surface area (Å²) in [4.78, 5) is 0. The van der Waals surface area contributed by atoms with Crippen LogP contribution in [0.1, 0.15) is 62.1 Å². The highest BCUT2D eigenvalue weighted by atomic mass is 16.5. The van der Waals surface area contributed by atoms with Crippen LogP contribution in [0.2, 0.25) is 0 Å². The van der Waals surface area contributed by atoms with Crippen LogP contribution < -0.4 is 5.32 Å². The molecule has 2 atom stereocenters. The number of hydrogen-bond acceptors (Lipinski definition) is 2. The lowest BCUT2D eigenvalue weighted by Gasteiger charge is -2.29. The first-order valence-corrected chi connectivity index (χ1v) is 8.19. The van der Waals surface area contributed by atoms with Crippen molar-refractivity contribution in [2.45, 2.75) is 57.1 Å². The zero-order valence-corrected chi connectivity index (χ0v) is 12.8. The van der Waals surface area contributed by atoms with Crippen LogP contribution in [-0.2, 0) is 4.74 Å². The zero-order chi connectivity index (χ0) is 13.9. The summed E-state index contributed by atoms with van der Waals surface area (Å²) in [5.41, 5.74) is 2.91. The van der Waals surface area contributed by atoms with Crippen molar-refractivity contribution < 1.29 is 4.74 Å². The molecular weight excluding hydrogens is 246 g/mol. The van der Waals surface area contributed by atoms with Crippen LogP contribution in [0.25, 0.3) is 0 Å². The molecule has 1 aromatic carbocycles. The molecule has 0 saturated heterocycles. The predicted molar refractivity (Wildman–Crippen MR) is 83.0 cm³/mol. The standard InChI is InChI=1S/C18H27NO/c1-3-19-17(18(20-2)16-11-12-16)15-9-7-14(8-10-15)13-5-4-6-13/h7-10,13,16-19H,3-6,11-12H2,1-2H3. The Morgan fingerprint density at radius 1 is 1.15 bits per heavy atom. The van der Waals surface area contributed by atoms with E-state index in [0.717, 1.165) is 18.4 Å². The fourth-order valence-corrected chi connectivity index (χ4v) is 3.39. The van der Waals surface area contributed by atoms with Crippen LogP contribution in [-0.4, -0.2) is 19.8 Å². The maximum Gasteiger partial charge on any atom is 0.0794 e. The number of likely N-dealkylation sites (N-methyl/N-ethyl adjacent to an activating group) is 1. The van der Waals surface area contributed by atoms with Gasteiger partial charge < -0.3 is 10.1 Å². The maximum atomic E-state index is 5.79. The Kier molecular flexibility index (Phi) is 4.42. The van der Waals surface area contributed by atoms with E-state index >= 15 is 0 Å². The van der Waals surface area contributed by atoms with Crippen LogP contribution in [0.4, 0.5) is 0 Å². The molecule has 0 bridgehead atoms. The number of ether oxygens (including phenoxy) is 1. The molecule has 0 aliphatic heterocycles. The number of rotatable bonds is 7. The third-order valence-corrected chi connectivity index (χ3v) is 4.98. The fraction of sp³-hybridized carbons (Fsp3) is 0.667. The van der Waals surface area contributed by atoms with Crippen LogP contribution >= 0.6 is 0 Å². The summed E-state index contributed by atoms with van der Waals surface area (Å²) in [6.07, 6.45) is 7.11. The Morgan fingerprint density at radius 3 is 2.30 bits per heavy atom. The zero-order valence-electron chi connectivity index (χ0n) is 12.8. The SMILES string of the molecule is CCNC(c1ccc(C2CCC2)cc1)C(OC)C1CC1. The van der Waals surface area contributed by atoms with Gasteiger partial charge in [-0.2, -0.15) is 0 Å². The number of benzene rings is 1. The molecule has 0 spiro atoms. The smallest absolute Gasteiger partial charge is 0.0794 e. The van der Waals surface area contributed by atoms with Gasteiger partial charge in [-0.25, -0.2) is 0 Å². The van der Waals surface area contributed by atoms with Crippen LogP contribution in [0, 0.1) is 5.92 Å². The van der Waals surface area contributed by atoms with Gasteiger partial charge in [-0.3, -0.25) is 0 Å². The monoisotopic (exact) mass is 273 g/mol. The quantitative estimate of drug-likeness (QED) is 0.810. The minimum Gasteiger partial charge on any atom is -0.379 e. The molecule has 2 fully saturated rings. The van der Waals surface area contributed by atoms with E-state index in [1.807, 2.05) is 7.11 Å². The minimum absolute atomic E-state index is 0.324. The van der Waals surface area contributed by atoms with Crippen LogP contribution in [0.3, 0.4) is 0 Å². The van der Waals surface area contributed by atoms with Crippen molar-refractivity contribution >= 4 is 0 Å². The molecule has 2 heteroatoms. The van der Waals surface area contributed by atoms with Gasteiger partial charge in [0.1, 0.15) is 0 Å². The highest BCUT2D eigenvalue weighted by Crippen LogP contribution is 2.41. The largest absolute Gasteiger partial charge is 0.379 e. The van der Waals surface area contributed by atoms with Gasteiger partial charge in [0.25, 0.3) is 0 Å². The van der Waals surface area contributed by atoms with Gasteiger partial charge in [0, 0.05) is 7.11 Å². The summed E-state index contributed by atoms with van der Waals surface area (Å²) < 4.78 is 5.79. The van der Waals surface area contributed by atoms with Crippen LogP contribution in [0.15, 0.2) is 24.3 Å². The molecule has 2 unspecified atom stereocenters. The Balaban J connectivity index is 1.75. The lowest BCUT2D eigenvalue weighted by atomic mass is 9.79. The Labute approximate surface area is 122 Å². The molecule has 0 radical (unpaired) electrons. The van der Waals surface area contributed by atoms with E-state index in [-0.39, 0.29) is 0 Å². The van der Waals surface area contributed by atoms with Gasteiger partial charge in [0.2, 0.25) is 0 Å². The maximum absolute atomic E-state index is 5.79. The molecule has 1 aromatic rings. The van der Waals surface area contributed by atoms with E-state index in [9.17, 15) is 0 Å². The molecule has 20 heavy (non-hydrogen) atoms. The highest BCUT2D eigenvalue weighted by Gasteiger charge is 2.37. The molecule has 0 aromatic heterocycles. The molecule has 0 heterocycles. The number of nitrogens with one attached hydrogen (secondary N) is 1. The molecule has 2 saturated carbocycles. The van der Waals surface area contributed by atoms with Crippen molar-refractivity contribution in [3.8, 4) is 0 Å². The van der Waals surface area contributed by atoms with Crippen molar-refractivity contribution in [3.05, 3.63) is 35.4 Å². The van der Waals surface area contributed by atoms with Gasteiger partial charge in [-0.15, -0.1) is 0 Å². The Bertz CT molecular complexity index is 420. The normalized spacial score (nSPS) is 22.3. The van der Waals surface area contributed by atoms with Crippen molar-refractivity contribution in [1.82, 2.24) is 5.32 Å². The van der Waals surface area contributed by atoms with Crippen molar-refractivity contribution in [2.24, 2.45) is 5.92 Å². The third-order valence-electron chi connectivity index (χ3n) is 4.98. The van der Waals surface area contributed by atoms with Gasteiger partial charge in [0.05, 0.1) is 12.1 Å².